The lowest BCUT2D eigenvalue weighted by atomic mass is 10.1. The van der Waals surface area contributed by atoms with Crippen LogP contribution in [0.2, 0.25) is 0 Å². The number of aromatic amines is 1. The summed E-state index contributed by atoms with van der Waals surface area (Å²) in [4.78, 5) is 23.1. The Hall–Kier alpha value is -3.85. The lowest BCUT2D eigenvalue weighted by molar-refractivity contribution is 0.0730. The van der Waals surface area contributed by atoms with Crippen LogP contribution in [0.25, 0.3) is 11.0 Å². The molecular formula is C26H25N3O5S. The third kappa shape index (κ3) is 4.59. The zero-order chi connectivity index (χ0) is 24.4. The predicted molar refractivity (Wildman–Crippen MR) is 131 cm³/mol. The number of benzene rings is 3. The van der Waals surface area contributed by atoms with Crippen molar-refractivity contribution >= 4 is 27.1 Å². The van der Waals surface area contributed by atoms with Gasteiger partial charge in [-0.2, -0.15) is 8.42 Å². The molecule has 35 heavy (non-hydrogen) atoms. The summed E-state index contributed by atoms with van der Waals surface area (Å²) in [6, 6.07) is 20.0. The molecule has 1 aliphatic heterocycles. The molecule has 9 heteroatoms. The Morgan fingerprint density at radius 2 is 1.83 bits per heavy atom. The minimum Gasteiger partial charge on any atom is -0.490 e. The molecule has 1 amide bonds. The lowest BCUT2D eigenvalue weighted by Gasteiger charge is -2.23. The van der Waals surface area contributed by atoms with Crippen LogP contribution in [-0.2, 0) is 10.1 Å². The first-order valence-electron chi connectivity index (χ1n) is 11.5. The van der Waals surface area contributed by atoms with Crippen LogP contribution in [0.4, 0.5) is 0 Å². The minimum atomic E-state index is -4.19. The molecule has 1 atom stereocenters. The SMILES string of the molecule is CCOc1ccccc1OS(=O)(=O)c1cccc(C(=O)N2CCCC2c2nc3ccccc3[nH]2)c1. The molecule has 3 aromatic carbocycles. The molecule has 1 unspecified atom stereocenters. The zero-order valence-electron chi connectivity index (χ0n) is 19.2. The largest absolute Gasteiger partial charge is 0.490 e. The summed E-state index contributed by atoms with van der Waals surface area (Å²) < 4.78 is 36.9. The summed E-state index contributed by atoms with van der Waals surface area (Å²) in [6.07, 6.45) is 1.61. The van der Waals surface area contributed by atoms with Gasteiger partial charge in [0.25, 0.3) is 5.91 Å². The molecule has 180 valence electrons. The quantitative estimate of drug-likeness (QED) is 0.376. The van der Waals surface area contributed by atoms with Crippen LogP contribution in [0.1, 0.15) is 42.0 Å². The number of nitrogens with one attached hydrogen (secondary N) is 1. The van der Waals surface area contributed by atoms with Gasteiger partial charge in [0.1, 0.15) is 10.7 Å². The molecule has 1 fully saturated rings. The first-order valence-corrected chi connectivity index (χ1v) is 12.9. The van der Waals surface area contributed by atoms with Crippen LogP contribution in [0.15, 0.2) is 77.7 Å². The molecule has 1 saturated heterocycles. The maximum absolute atomic E-state index is 13.5. The smallest absolute Gasteiger partial charge is 0.339 e. The molecule has 2 heterocycles. The summed E-state index contributed by atoms with van der Waals surface area (Å²) in [5.41, 5.74) is 2.04. The Labute approximate surface area is 203 Å². The van der Waals surface area contributed by atoms with Crippen molar-refractivity contribution in [3.63, 3.8) is 0 Å². The molecule has 0 saturated carbocycles. The Morgan fingerprint density at radius 3 is 2.63 bits per heavy atom. The van der Waals surface area contributed by atoms with Crippen LogP contribution in [0.3, 0.4) is 0 Å². The van der Waals surface area contributed by atoms with E-state index in [0.29, 0.717) is 18.9 Å². The van der Waals surface area contributed by atoms with Gasteiger partial charge in [-0.3, -0.25) is 4.79 Å². The van der Waals surface area contributed by atoms with Crippen LogP contribution >= 0.6 is 0 Å². The summed E-state index contributed by atoms with van der Waals surface area (Å²) in [5, 5.41) is 0. The standard InChI is InChI=1S/C26H25N3O5S/c1-2-33-23-14-5-6-15-24(23)34-35(31,32)19-10-7-9-18(17-19)26(30)29-16-8-13-22(29)25-27-20-11-3-4-12-21(20)28-25/h3-7,9-12,14-15,17,22H,2,8,13,16H2,1H3,(H,27,28). The predicted octanol–water partition coefficient (Wildman–Crippen LogP) is 4.71. The van der Waals surface area contributed by atoms with Gasteiger partial charge in [-0.15, -0.1) is 0 Å². The highest BCUT2D eigenvalue weighted by Crippen LogP contribution is 2.33. The average Bonchev–Trinajstić information content (AvgIpc) is 3.52. The third-order valence-corrected chi connectivity index (χ3v) is 7.19. The van der Waals surface area contributed by atoms with Gasteiger partial charge < -0.3 is 18.8 Å². The molecule has 1 aliphatic rings. The van der Waals surface area contributed by atoms with Crippen molar-refractivity contribution in [2.75, 3.05) is 13.2 Å². The van der Waals surface area contributed by atoms with Crippen LogP contribution < -0.4 is 8.92 Å². The Morgan fingerprint density at radius 1 is 1.06 bits per heavy atom. The lowest BCUT2D eigenvalue weighted by Crippen LogP contribution is -2.31. The van der Waals surface area contributed by atoms with E-state index in [0.717, 1.165) is 29.7 Å². The van der Waals surface area contributed by atoms with Crippen LogP contribution in [0.5, 0.6) is 11.5 Å². The number of rotatable bonds is 7. The van der Waals surface area contributed by atoms with Crippen LogP contribution in [-0.4, -0.2) is 42.3 Å². The molecule has 0 aliphatic carbocycles. The monoisotopic (exact) mass is 491 g/mol. The maximum atomic E-state index is 13.5. The third-order valence-electron chi connectivity index (χ3n) is 5.96. The number of carbonyl (C=O) groups excluding carboxylic acids is 1. The van der Waals surface area contributed by atoms with Gasteiger partial charge in [-0.1, -0.05) is 30.3 Å². The summed E-state index contributed by atoms with van der Waals surface area (Å²) in [5.74, 6) is 0.906. The second-order valence-corrected chi connectivity index (χ2v) is 9.79. The van der Waals surface area contributed by atoms with Crippen molar-refractivity contribution in [2.24, 2.45) is 0 Å². The highest BCUT2D eigenvalue weighted by atomic mass is 32.2. The molecule has 4 aromatic rings. The van der Waals surface area contributed by atoms with E-state index in [2.05, 4.69) is 9.97 Å². The maximum Gasteiger partial charge on any atom is 0.339 e. The van der Waals surface area contributed by atoms with Crippen molar-refractivity contribution in [3.05, 3.63) is 84.2 Å². The van der Waals surface area contributed by atoms with Crippen molar-refractivity contribution in [1.29, 1.82) is 0 Å². The number of carbonyl (C=O) groups is 1. The molecule has 8 nitrogen and oxygen atoms in total. The topological polar surface area (TPSA) is 102 Å². The van der Waals surface area contributed by atoms with E-state index >= 15 is 0 Å². The molecule has 0 bridgehead atoms. The number of aromatic nitrogens is 2. The van der Waals surface area contributed by atoms with Gasteiger partial charge in [0.2, 0.25) is 0 Å². The molecule has 1 N–H and O–H groups in total. The number of nitrogens with zero attached hydrogens (tertiary/aromatic N) is 2. The Balaban J connectivity index is 1.40. The van der Waals surface area contributed by atoms with Crippen molar-refractivity contribution in [2.45, 2.75) is 30.7 Å². The first kappa shape index (κ1) is 22.9. The van der Waals surface area contributed by atoms with Gasteiger partial charge in [0.15, 0.2) is 11.5 Å². The van der Waals surface area contributed by atoms with Crippen molar-refractivity contribution in [3.8, 4) is 11.5 Å². The number of para-hydroxylation sites is 4. The van der Waals surface area contributed by atoms with E-state index in [9.17, 15) is 13.2 Å². The molecule has 0 radical (unpaired) electrons. The molecule has 1 aromatic heterocycles. The molecule has 5 rings (SSSR count). The summed E-state index contributed by atoms with van der Waals surface area (Å²) in [7, 11) is -4.19. The number of likely N-dealkylation sites (tertiary alicyclic amines) is 1. The van der Waals surface area contributed by atoms with Gasteiger partial charge in [-0.25, -0.2) is 4.98 Å². The van der Waals surface area contributed by atoms with Crippen molar-refractivity contribution < 1.29 is 22.1 Å². The van der Waals surface area contributed by atoms with E-state index < -0.39 is 10.1 Å². The number of H-pyrrole nitrogens is 1. The number of imidazole rings is 1. The van der Waals surface area contributed by atoms with Gasteiger partial charge >= 0.3 is 10.1 Å². The van der Waals surface area contributed by atoms with E-state index in [4.69, 9.17) is 8.92 Å². The van der Waals surface area contributed by atoms with E-state index in [-0.39, 0.29) is 28.2 Å². The summed E-state index contributed by atoms with van der Waals surface area (Å²) >= 11 is 0. The normalized spacial score (nSPS) is 15.9. The van der Waals surface area contributed by atoms with E-state index in [1.807, 2.05) is 24.3 Å². The van der Waals surface area contributed by atoms with Crippen LogP contribution in [0, 0.1) is 0 Å². The average molecular weight is 492 g/mol. The molecular weight excluding hydrogens is 466 g/mol. The summed E-state index contributed by atoms with van der Waals surface area (Å²) in [6.45, 7) is 2.74. The fourth-order valence-corrected chi connectivity index (χ4v) is 5.32. The van der Waals surface area contributed by atoms with Crippen molar-refractivity contribution in [1.82, 2.24) is 14.9 Å². The second kappa shape index (κ2) is 9.42. The Kier molecular flexibility index (Phi) is 6.17. The van der Waals surface area contributed by atoms with Gasteiger partial charge in [-0.05, 0) is 62.2 Å². The number of amides is 1. The minimum absolute atomic E-state index is 0.0931. The number of hydrogen-bond donors (Lipinski definition) is 1. The van der Waals surface area contributed by atoms with Gasteiger partial charge in [0.05, 0.1) is 23.7 Å². The highest BCUT2D eigenvalue weighted by molar-refractivity contribution is 7.87. The fraction of sp³-hybridized carbons (Fsp3) is 0.231. The Bertz CT molecular complexity index is 1450. The first-order chi connectivity index (χ1) is 17.0. The van der Waals surface area contributed by atoms with E-state index in [1.165, 1.54) is 18.2 Å². The van der Waals surface area contributed by atoms with Gasteiger partial charge in [0, 0.05) is 12.1 Å². The number of fused-ring (bicyclic) bond motifs is 1. The highest BCUT2D eigenvalue weighted by Gasteiger charge is 2.33. The number of ether oxygens (including phenoxy) is 1. The molecule has 0 spiro atoms. The number of hydrogen-bond acceptors (Lipinski definition) is 6. The second-order valence-electron chi connectivity index (χ2n) is 8.24. The van der Waals surface area contributed by atoms with E-state index in [1.54, 1.807) is 42.2 Å². The fourth-order valence-electron chi connectivity index (χ4n) is 4.33. The zero-order valence-corrected chi connectivity index (χ0v) is 20.0.